The molecule has 1 aliphatic rings. The van der Waals surface area contributed by atoms with Crippen LogP contribution in [0.5, 0.6) is 0 Å². The maximum atomic E-state index is 12.1. The lowest BCUT2D eigenvalue weighted by molar-refractivity contribution is -0.139. The number of nitrogens with one attached hydrogen (secondary N) is 1. The van der Waals surface area contributed by atoms with Crippen molar-refractivity contribution in [2.24, 2.45) is 0 Å². The van der Waals surface area contributed by atoms with Gasteiger partial charge in [-0.1, -0.05) is 0 Å². The van der Waals surface area contributed by atoms with Crippen molar-refractivity contribution in [3.63, 3.8) is 0 Å². The van der Waals surface area contributed by atoms with Gasteiger partial charge in [-0.25, -0.2) is 9.59 Å². The van der Waals surface area contributed by atoms with Gasteiger partial charge in [0.1, 0.15) is 6.04 Å². The van der Waals surface area contributed by atoms with Crippen molar-refractivity contribution in [1.82, 2.24) is 15.1 Å². The van der Waals surface area contributed by atoms with Gasteiger partial charge in [-0.05, 0) is 38.4 Å². The minimum atomic E-state index is -0.964. The number of carbonyl (C=O) groups excluding carboxylic acids is 1. The molecule has 6 nitrogen and oxygen atoms in total. The third-order valence-corrected chi connectivity index (χ3v) is 3.86. The van der Waals surface area contributed by atoms with E-state index in [-0.39, 0.29) is 6.03 Å². The Bertz CT molecular complexity index is 315. The molecule has 0 aromatic heterocycles. The lowest BCUT2D eigenvalue weighted by atomic mass is 10.2. The summed E-state index contributed by atoms with van der Waals surface area (Å²) in [5, 5.41) is 11.7. The van der Waals surface area contributed by atoms with Crippen LogP contribution in [0.25, 0.3) is 0 Å². The Balaban J connectivity index is 2.48. The maximum absolute atomic E-state index is 12.1. The van der Waals surface area contributed by atoms with Gasteiger partial charge in [-0.3, -0.25) is 0 Å². The van der Waals surface area contributed by atoms with Gasteiger partial charge >= 0.3 is 12.0 Å². The molecular formula is C12H23N3O3S. The molecular weight excluding hydrogens is 266 g/mol. The summed E-state index contributed by atoms with van der Waals surface area (Å²) in [6.45, 7) is 3.14. The average molecular weight is 289 g/mol. The van der Waals surface area contributed by atoms with Gasteiger partial charge in [0.25, 0.3) is 0 Å². The van der Waals surface area contributed by atoms with E-state index in [1.54, 1.807) is 16.7 Å². The first kappa shape index (κ1) is 16.1. The topological polar surface area (TPSA) is 72.9 Å². The molecule has 0 aliphatic carbocycles. The Hall–Kier alpha value is -0.950. The highest BCUT2D eigenvalue weighted by atomic mass is 32.2. The fourth-order valence-corrected chi connectivity index (χ4v) is 2.45. The average Bonchev–Trinajstić information content (AvgIpc) is 2.58. The first-order chi connectivity index (χ1) is 9.04. The summed E-state index contributed by atoms with van der Waals surface area (Å²) < 4.78 is 0. The van der Waals surface area contributed by atoms with Gasteiger partial charge in [0, 0.05) is 19.6 Å². The van der Waals surface area contributed by atoms with Crippen molar-refractivity contribution in [1.29, 1.82) is 0 Å². The molecule has 1 fully saturated rings. The second kappa shape index (κ2) is 8.27. The van der Waals surface area contributed by atoms with E-state index < -0.39 is 12.0 Å². The molecule has 19 heavy (non-hydrogen) atoms. The van der Waals surface area contributed by atoms with Gasteiger partial charge < -0.3 is 20.2 Å². The highest BCUT2D eigenvalue weighted by Gasteiger charge is 2.23. The number of amides is 2. The molecule has 0 unspecified atom stereocenters. The molecule has 0 saturated carbocycles. The molecule has 0 bridgehead atoms. The Kier molecular flexibility index (Phi) is 7.01. The van der Waals surface area contributed by atoms with Crippen molar-refractivity contribution < 1.29 is 14.7 Å². The zero-order valence-electron chi connectivity index (χ0n) is 11.6. The molecule has 1 saturated heterocycles. The number of nitrogens with zero attached hydrogens (tertiary/aromatic N) is 2. The largest absolute Gasteiger partial charge is 0.480 e. The Morgan fingerprint density at radius 1 is 1.32 bits per heavy atom. The van der Waals surface area contributed by atoms with Crippen LogP contribution >= 0.6 is 11.8 Å². The van der Waals surface area contributed by atoms with E-state index in [4.69, 9.17) is 5.11 Å². The summed E-state index contributed by atoms with van der Waals surface area (Å²) in [5.41, 5.74) is 0. The van der Waals surface area contributed by atoms with Crippen LogP contribution < -0.4 is 5.32 Å². The van der Waals surface area contributed by atoms with Crippen LogP contribution in [0.15, 0.2) is 0 Å². The summed E-state index contributed by atoms with van der Waals surface area (Å²) in [7, 11) is 2.03. The Morgan fingerprint density at radius 2 is 2.05 bits per heavy atom. The zero-order chi connectivity index (χ0) is 14.3. The smallest absolute Gasteiger partial charge is 0.326 e. The number of carboxylic acids is 1. The number of likely N-dealkylation sites (N-methyl/N-ethyl adjacent to an activating group) is 1. The van der Waals surface area contributed by atoms with Gasteiger partial charge in [-0.15, -0.1) is 0 Å². The summed E-state index contributed by atoms with van der Waals surface area (Å²) in [5.74, 6) is -0.241. The van der Waals surface area contributed by atoms with Crippen LogP contribution in [0, 0.1) is 0 Å². The number of carbonyl (C=O) groups is 2. The second-order valence-electron chi connectivity index (χ2n) is 4.77. The van der Waals surface area contributed by atoms with Crippen molar-refractivity contribution >= 4 is 23.8 Å². The summed E-state index contributed by atoms with van der Waals surface area (Å²) in [6.07, 6.45) is 3.30. The van der Waals surface area contributed by atoms with Gasteiger partial charge in [0.15, 0.2) is 0 Å². The fourth-order valence-electron chi connectivity index (χ4n) is 1.98. The number of aliphatic carboxylic acids is 1. The molecule has 1 rings (SSSR count). The highest BCUT2D eigenvalue weighted by molar-refractivity contribution is 7.98. The first-order valence-electron chi connectivity index (χ1n) is 6.50. The molecule has 7 heteroatoms. The number of hydrogen-bond acceptors (Lipinski definition) is 4. The van der Waals surface area contributed by atoms with Gasteiger partial charge in [0.05, 0.1) is 0 Å². The van der Waals surface area contributed by atoms with Crippen LogP contribution in [0.1, 0.15) is 12.8 Å². The third kappa shape index (κ3) is 5.69. The van der Waals surface area contributed by atoms with Crippen molar-refractivity contribution in [2.75, 3.05) is 45.2 Å². The number of hydrogen-bond donors (Lipinski definition) is 2. The quantitative estimate of drug-likeness (QED) is 0.773. The lowest BCUT2D eigenvalue weighted by Gasteiger charge is -2.23. The van der Waals surface area contributed by atoms with Gasteiger partial charge in [-0.2, -0.15) is 11.8 Å². The predicted octanol–water partition coefficient (Wildman–Crippen LogP) is 0.540. The molecule has 110 valence electrons. The summed E-state index contributed by atoms with van der Waals surface area (Å²) in [6, 6.07) is -1.05. The van der Waals surface area contributed by atoms with Crippen molar-refractivity contribution in [3.05, 3.63) is 0 Å². The van der Waals surface area contributed by atoms with Crippen LogP contribution in [0.3, 0.4) is 0 Å². The molecule has 1 aliphatic heterocycles. The van der Waals surface area contributed by atoms with E-state index in [0.29, 0.717) is 19.5 Å². The van der Waals surface area contributed by atoms with Crippen LogP contribution in [-0.2, 0) is 4.79 Å². The number of urea groups is 1. The maximum Gasteiger partial charge on any atom is 0.326 e. The van der Waals surface area contributed by atoms with Crippen molar-refractivity contribution in [3.8, 4) is 0 Å². The Morgan fingerprint density at radius 3 is 2.68 bits per heavy atom. The predicted molar refractivity (Wildman–Crippen MR) is 76.6 cm³/mol. The van der Waals surface area contributed by atoms with Crippen LogP contribution in [0.4, 0.5) is 4.79 Å². The SMILES string of the molecule is CSCC[C@@H](NC(=O)N1CCCN(C)CC1)C(=O)O. The third-order valence-electron chi connectivity index (χ3n) is 3.21. The van der Waals surface area contributed by atoms with E-state index in [9.17, 15) is 9.59 Å². The number of thioether (sulfide) groups is 1. The molecule has 1 atom stereocenters. The minimum absolute atomic E-state index is 0.260. The van der Waals surface area contributed by atoms with E-state index in [1.807, 2.05) is 13.3 Å². The normalized spacial score (nSPS) is 18.7. The fraction of sp³-hybridized carbons (Fsp3) is 0.833. The van der Waals surface area contributed by atoms with E-state index in [2.05, 4.69) is 10.2 Å². The molecule has 0 aromatic carbocycles. The van der Waals surface area contributed by atoms with E-state index in [1.165, 1.54) is 0 Å². The van der Waals surface area contributed by atoms with E-state index in [0.717, 1.165) is 25.3 Å². The first-order valence-corrected chi connectivity index (χ1v) is 7.89. The van der Waals surface area contributed by atoms with Gasteiger partial charge in [0.2, 0.25) is 0 Å². The molecule has 0 spiro atoms. The lowest BCUT2D eigenvalue weighted by Crippen LogP contribution is -2.49. The molecule has 1 heterocycles. The summed E-state index contributed by atoms with van der Waals surface area (Å²) in [4.78, 5) is 27.0. The molecule has 2 N–H and O–H groups in total. The van der Waals surface area contributed by atoms with Crippen molar-refractivity contribution in [2.45, 2.75) is 18.9 Å². The standard InChI is InChI=1S/C12H23N3O3S/c1-14-5-3-6-15(8-7-14)12(18)13-10(11(16)17)4-9-19-2/h10H,3-9H2,1-2H3,(H,13,18)(H,16,17)/t10-/m1/s1. The highest BCUT2D eigenvalue weighted by Crippen LogP contribution is 2.05. The minimum Gasteiger partial charge on any atom is -0.480 e. The number of carboxylic acid groups (broad SMARTS) is 1. The molecule has 0 aromatic rings. The number of rotatable bonds is 5. The monoisotopic (exact) mass is 289 g/mol. The van der Waals surface area contributed by atoms with Crippen LogP contribution in [-0.4, -0.2) is 78.2 Å². The van der Waals surface area contributed by atoms with Crippen LogP contribution in [0.2, 0.25) is 0 Å². The molecule has 0 radical (unpaired) electrons. The summed E-state index contributed by atoms with van der Waals surface area (Å²) >= 11 is 1.58. The Labute approximate surface area is 118 Å². The molecule has 2 amide bonds. The zero-order valence-corrected chi connectivity index (χ0v) is 12.4. The second-order valence-corrected chi connectivity index (χ2v) is 5.75. The van der Waals surface area contributed by atoms with E-state index >= 15 is 0 Å².